The Morgan fingerprint density at radius 2 is 1.26 bits per heavy atom. The Kier molecular flexibility index (Phi) is 13.3. The van der Waals surface area contributed by atoms with Crippen LogP contribution in [0.2, 0.25) is 0 Å². The molecule has 4 nitrogen and oxygen atoms in total. The summed E-state index contributed by atoms with van der Waals surface area (Å²) in [4.78, 5) is 11.6. The van der Waals surface area contributed by atoms with E-state index in [1.807, 2.05) is 6.08 Å². The Labute approximate surface area is 164 Å². The minimum Gasteiger partial charge on any atom is -0.504 e. The number of rotatable bonds is 16. The third-order valence-corrected chi connectivity index (χ3v) is 5.03. The van der Waals surface area contributed by atoms with Crippen molar-refractivity contribution in [3.63, 3.8) is 0 Å². The predicted octanol–water partition coefficient (Wildman–Crippen LogP) is 6.60. The lowest BCUT2D eigenvalue weighted by Crippen LogP contribution is -2.12. The van der Waals surface area contributed by atoms with E-state index in [0.717, 1.165) is 18.9 Å². The van der Waals surface area contributed by atoms with Crippen LogP contribution in [-0.2, 0) is 0 Å². The molecule has 1 heterocycles. The van der Waals surface area contributed by atoms with E-state index in [0.29, 0.717) is 0 Å². The lowest BCUT2D eigenvalue weighted by Gasteiger charge is -2.03. The first-order chi connectivity index (χ1) is 13.1. The standard InChI is InChI=1S/C23H39NO3/c1-2-3-4-5-6-7-8-9-10-11-12-13-14-15-16-17-18-24-20-22(26)21(25)19-23(24)27/h17-20,25-26H,2-16H2,1H3. The molecule has 0 saturated carbocycles. The molecule has 0 saturated heterocycles. The van der Waals surface area contributed by atoms with Gasteiger partial charge in [0.25, 0.3) is 5.56 Å². The summed E-state index contributed by atoms with van der Waals surface area (Å²) in [5, 5.41) is 18.7. The molecule has 1 aromatic rings. The van der Waals surface area contributed by atoms with Crippen molar-refractivity contribution >= 4 is 6.20 Å². The molecule has 0 aromatic carbocycles. The summed E-state index contributed by atoms with van der Waals surface area (Å²) < 4.78 is 1.29. The van der Waals surface area contributed by atoms with Gasteiger partial charge < -0.3 is 10.2 Å². The fourth-order valence-electron chi connectivity index (χ4n) is 3.29. The zero-order chi connectivity index (χ0) is 19.7. The van der Waals surface area contributed by atoms with Gasteiger partial charge in [-0.05, 0) is 12.8 Å². The summed E-state index contributed by atoms with van der Waals surface area (Å²) in [5.74, 6) is -0.660. The molecule has 27 heavy (non-hydrogen) atoms. The van der Waals surface area contributed by atoms with Crippen LogP contribution in [0.5, 0.6) is 11.5 Å². The van der Waals surface area contributed by atoms with E-state index in [-0.39, 0.29) is 17.1 Å². The zero-order valence-electron chi connectivity index (χ0n) is 17.2. The summed E-state index contributed by atoms with van der Waals surface area (Å²) in [5.41, 5.74) is -0.345. The van der Waals surface area contributed by atoms with Gasteiger partial charge in [0.15, 0.2) is 11.5 Å². The van der Waals surface area contributed by atoms with Crippen molar-refractivity contribution in [2.24, 2.45) is 0 Å². The van der Waals surface area contributed by atoms with Crippen molar-refractivity contribution in [3.05, 3.63) is 28.7 Å². The molecule has 0 spiro atoms. The molecule has 1 rings (SSSR count). The highest BCUT2D eigenvalue weighted by molar-refractivity contribution is 5.37. The maximum absolute atomic E-state index is 11.6. The molecule has 4 heteroatoms. The Morgan fingerprint density at radius 3 is 1.78 bits per heavy atom. The first kappa shape index (κ1) is 23.3. The summed E-state index contributed by atoms with van der Waals surface area (Å²) in [6.45, 7) is 2.27. The van der Waals surface area contributed by atoms with Crippen molar-refractivity contribution in [1.29, 1.82) is 0 Å². The average Bonchev–Trinajstić information content (AvgIpc) is 2.65. The van der Waals surface area contributed by atoms with Gasteiger partial charge in [-0.25, -0.2) is 0 Å². The van der Waals surface area contributed by atoms with Crippen molar-refractivity contribution in [1.82, 2.24) is 4.57 Å². The minimum absolute atomic E-state index is 0.282. The molecule has 0 aliphatic heterocycles. The Balaban J connectivity index is 1.92. The van der Waals surface area contributed by atoms with Crippen LogP contribution in [0.25, 0.3) is 6.20 Å². The van der Waals surface area contributed by atoms with Gasteiger partial charge in [-0.3, -0.25) is 9.36 Å². The molecule has 0 amide bonds. The monoisotopic (exact) mass is 377 g/mol. The summed E-state index contributed by atoms with van der Waals surface area (Å²) in [7, 11) is 0. The van der Waals surface area contributed by atoms with Crippen LogP contribution in [0, 0.1) is 0 Å². The Morgan fingerprint density at radius 1 is 0.778 bits per heavy atom. The first-order valence-electron chi connectivity index (χ1n) is 11.0. The minimum atomic E-state index is -0.378. The fourth-order valence-corrected chi connectivity index (χ4v) is 3.29. The van der Waals surface area contributed by atoms with Gasteiger partial charge in [0.1, 0.15) is 0 Å². The maximum Gasteiger partial charge on any atom is 0.258 e. The quantitative estimate of drug-likeness (QED) is 0.319. The molecular weight excluding hydrogens is 338 g/mol. The topological polar surface area (TPSA) is 62.5 Å². The van der Waals surface area contributed by atoms with Crippen LogP contribution in [0.1, 0.15) is 103 Å². The van der Waals surface area contributed by atoms with E-state index < -0.39 is 0 Å². The molecule has 0 bridgehead atoms. The third-order valence-electron chi connectivity index (χ3n) is 5.03. The molecule has 0 radical (unpaired) electrons. The number of nitrogens with zero attached hydrogens (tertiary/aromatic N) is 1. The second-order valence-electron chi connectivity index (χ2n) is 7.56. The molecule has 0 aliphatic rings. The van der Waals surface area contributed by atoms with Crippen LogP contribution < -0.4 is 5.56 Å². The lowest BCUT2D eigenvalue weighted by molar-refractivity contribution is 0.399. The molecule has 0 atom stereocenters. The summed E-state index contributed by atoms with van der Waals surface area (Å²) in [6, 6.07) is 1.02. The highest BCUT2D eigenvalue weighted by Gasteiger charge is 2.01. The van der Waals surface area contributed by atoms with Gasteiger partial charge in [-0.15, -0.1) is 0 Å². The van der Waals surface area contributed by atoms with Gasteiger partial charge in [0, 0.05) is 12.3 Å². The van der Waals surface area contributed by atoms with Crippen LogP contribution in [0.3, 0.4) is 0 Å². The van der Waals surface area contributed by atoms with E-state index >= 15 is 0 Å². The van der Waals surface area contributed by atoms with Crippen LogP contribution in [-0.4, -0.2) is 14.8 Å². The van der Waals surface area contributed by atoms with Crippen molar-refractivity contribution in [2.45, 2.75) is 103 Å². The SMILES string of the molecule is CCCCCCCCCCCCCCCCC=Cn1cc(O)c(O)cc1=O. The van der Waals surface area contributed by atoms with Gasteiger partial charge >= 0.3 is 0 Å². The van der Waals surface area contributed by atoms with Gasteiger partial charge in [0.05, 0.1) is 6.20 Å². The number of allylic oxidation sites excluding steroid dienone is 1. The second-order valence-corrected chi connectivity index (χ2v) is 7.56. The Bertz CT molecular complexity index is 577. The smallest absolute Gasteiger partial charge is 0.258 e. The van der Waals surface area contributed by atoms with Gasteiger partial charge in [0.2, 0.25) is 0 Å². The number of aromatic hydroxyl groups is 2. The van der Waals surface area contributed by atoms with Crippen LogP contribution >= 0.6 is 0 Å². The number of hydrogen-bond acceptors (Lipinski definition) is 3. The summed E-state index contributed by atoms with van der Waals surface area (Å²) in [6.07, 6.45) is 24.6. The Hall–Kier alpha value is -1.71. The molecule has 0 aliphatic carbocycles. The maximum atomic E-state index is 11.6. The normalized spacial score (nSPS) is 11.4. The van der Waals surface area contributed by atoms with Gasteiger partial charge in [-0.1, -0.05) is 96.5 Å². The second kappa shape index (κ2) is 15.4. The highest BCUT2D eigenvalue weighted by Crippen LogP contribution is 2.20. The number of hydrogen-bond donors (Lipinski definition) is 2. The van der Waals surface area contributed by atoms with Crippen LogP contribution in [0.4, 0.5) is 0 Å². The van der Waals surface area contributed by atoms with E-state index in [1.165, 1.54) is 94.2 Å². The van der Waals surface area contributed by atoms with E-state index in [1.54, 1.807) is 6.20 Å². The largest absolute Gasteiger partial charge is 0.504 e. The first-order valence-corrected chi connectivity index (χ1v) is 11.0. The molecule has 2 N–H and O–H groups in total. The van der Waals surface area contributed by atoms with E-state index in [9.17, 15) is 15.0 Å². The van der Waals surface area contributed by atoms with Crippen molar-refractivity contribution in [3.8, 4) is 11.5 Å². The van der Waals surface area contributed by atoms with Crippen molar-refractivity contribution < 1.29 is 10.2 Å². The zero-order valence-corrected chi connectivity index (χ0v) is 17.2. The number of pyridine rings is 1. The molecule has 0 fully saturated rings. The third kappa shape index (κ3) is 11.6. The van der Waals surface area contributed by atoms with E-state index in [2.05, 4.69) is 6.92 Å². The van der Waals surface area contributed by atoms with Crippen molar-refractivity contribution in [2.75, 3.05) is 0 Å². The molecule has 154 valence electrons. The van der Waals surface area contributed by atoms with E-state index in [4.69, 9.17) is 0 Å². The predicted molar refractivity (Wildman–Crippen MR) is 114 cm³/mol. The molecule has 0 unspecified atom stereocenters. The van der Waals surface area contributed by atoms with Gasteiger partial charge in [-0.2, -0.15) is 0 Å². The average molecular weight is 378 g/mol. The fraction of sp³-hybridized carbons (Fsp3) is 0.696. The number of aromatic nitrogens is 1. The van der Waals surface area contributed by atoms with Crippen LogP contribution in [0.15, 0.2) is 23.1 Å². The summed E-state index contributed by atoms with van der Waals surface area (Å²) >= 11 is 0. The number of unbranched alkanes of at least 4 members (excludes halogenated alkanes) is 14. The highest BCUT2D eigenvalue weighted by atomic mass is 16.3. The molecular formula is C23H39NO3. The lowest BCUT2D eigenvalue weighted by atomic mass is 10.0. The molecule has 1 aromatic heterocycles.